The normalized spacial score (nSPS) is 11.8. The first-order valence-corrected chi connectivity index (χ1v) is 7.42. The molecular weight excluding hydrogens is 254 g/mol. The number of hydrogen-bond acceptors (Lipinski definition) is 5. The highest BCUT2D eigenvalue weighted by Gasteiger charge is 2.14. The van der Waals surface area contributed by atoms with Gasteiger partial charge in [0, 0.05) is 0 Å². The fourth-order valence-electron chi connectivity index (χ4n) is 1.45. The predicted molar refractivity (Wildman–Crippen MR) is 69.0 cm³/mol. The summed E-state index contributed by atoms with van der Waals surface area (Å²) >= 11 is 0. The second kappa shape index (κ2) is 6.72. The Labute approximate surface area is 108 Å². The highest BCUT2D eigenvalue weighted by Crippen LogP contribution is 2.18. The van der Waals surface area contributed by atoms with Crippen LogP contribution in [0.25, 0.3) is 0 Å². The van der Waals surface area contributed by atoms with Crippen LogP contribution in [0.4, 0.5) is 0 Å². The van der Waals surface area contributed by atoms with E-state index in [2.05, 4.69) is 4.84 Å². The first kappa shape index (κ1) is 14.9. The standard InChI is InChI=1S/C12H19NO4S/c1-10(2)17-11-4-6-12(7-5-11)18(14,15)9-3-8-16-13/h4-7,10H,3,8-9,13H2,1-2H3. The van der Waals surface area contributed by atoms with Gasteiger partial charge in [-0.25, -0.2) is 14.3 Å². The molecule has 0 saturated carbocycles. The number of rotatable bonds is 7. The average Bonchev–Trinajstić information content (AvgIpc) is 2.29. The number of sulfone groups is 1. The lowest BCUT2D eigenvalue weighted by Gasteiger charge is -2.10. The van der Waals surface area contributed by atoms with E-state index in [1.54, 1.807) is 24.3 Å². The summed E-state index contributed by atoms with van der Waals surface area (Å²) in [4.78, 5) is 4.64. The Morgan fingerprint density at radius 2 is 1.83 bits per heavy atom. The van der Waals surface area contributed by atoms with E-state index in [1.165, 1.54) is 0 Å². The van der Waals surface area contributed by atoms with Crippen molar-refractivity contribution in [1.29, 1.82) is 0 Å². The summed E-state index contributed by atoms with van der Waals surface area (Å²) in [6, 6.07) is 6.42. The van der Waals surface area contributed by atoms with E-state index < -0.39 is 9.84 Å². The van der Waals surface area contributed by atoms with Crippen molar-refractivity contribution in [3.8, 4) is 5.75 Å². The van der Waals surface area contributed by atoms with Crippen LogP contribution in [-0.2, 0) is 14.7 Å². The van der Waals surface area contributed by atoms with Crippen molar-refractivity contribution in [2.24, 2.45) is 5.90 Å². The topological polar surface area (TPSA) is 78.6 Å². The van der Waals surface area contributed by atoms with Gasteiger partial charge in [-0.2, -0.15) is 0 Å². The van der Waals surface area contributed by atoms with Crippen LogP contribution >= 0.6 is 0 Å². The van der Waals surface area contributed by atoms with Gasteiger partial charge in [0.1, 0.15) is 5.75 Å². The third-order valence-corrected chi connectivity index (χ3v) is 4.05. The van der Waals surface area contributed by atoms with Gasteiger partial charge in [-0.15, -0.1) is 0 Å². The summed E-state index contributed by atoms with van der Waals surface area (Å²) < 4.78 is 29.3. The molecule has 18 heavy (non-hydrogen) atoms. The summed E-state index contributed by atoms with van der Waals surface area (Å²) in [7, 11) is -3.27. The van der Waals surface area contributed by atoms with Crippen LogP contribution in [0.2, 0.25) is 0 Å². The molecule has 0 heterocycles. The summed E-state index contributed by atoms with van der Waals surface area (Å²) in [6.45, 7) is 4.06. The van der Waals surface area contributed by atoms with E-state index in [-0.39, 0.29) is 23.4 Å². The highest BCUT2D eigenvalue weighted by atomic mass is 32.2. The molecule has 1 rings (SSSR count). The molecule has 102 valence electrons. The van der Waals surface area contributed by atoms with Crippen molar-refractivity contribution in [2.75, 3.05) is 12.4 Å². The summed E-state index contributed by atoms with van der Waals surface area (Å²) in [5.41, 5.74) is 0. The van der Waals surface area contributed by atoms with Crippen LogP contribution in [-0.4, -0.2) is 26.9 Å². The van der Waals surface area contributed by atoms with E-state index in [0.29, 0.717) is 12.2 Å². The fraction of sp³-hybridized carbons (Fsp3) is 0.500. The third kappa shape index (κ3) is 4.64. The lowest BCUT2D eigenvalue weighted by atomic mass is 10.3. The van der Waals surface area contributed by atoms with E-state index in [9.17, 15) is 8.42 Å². The monoisotopic (exact) mass is 273 g/mol. The van der Waals surface area contributed by atoms with Gasteiger partial charge >= 0.3 is 0 Å². The molecule has 0 bridgehead atoms. The fourth-order valence-corrected chi connectivity index (χ4v) is 2.73. The molecule has 0 spiro atoms. The minimum atomic E-state index is -3.27. The minimum Gasteiger partial charge on any atom is -0.491 e. The van der Waals surface area contributed by atoms with Gasteiger partial charge in [0.05, 0.1) is 23.4 Å². The first-order chi connectivity index (χ1) is 8.45. The zero-order valence-corrected chi connectivity index (χ0v) is 11.4. The van der Waals surface area contributed by atoms with E-state index >= 15 is 0 Å². The maximum absolute atomic E-state index is 11.9. The molecule has 0 saturated heterocycles. The van der Waals surface area contributed by atoms with Crippen LogP contribution in [0.1, 0.15) is 20.3 Å². The molecule has 0 aliphatic heterocycles. The van der Waals surface area contributed by atoms with E-state index in [0.717, 1.165) is 0 Å². The molecule has 2 N–H and O–H groups in total. The minimum absolute atomic E-state index is 0.0224. The van der Waals surface area contributed by atoms with Gasteiger partial charge in [-0.3, -0.25) is 0 Å². The molecule has 0 unspecified atom stereocenters. The molecule has 6 heteroatoms. The third-order valence-electron chi connectivity index (χ3n) is 2.23. The molecular formula is C12H19NO4S. The number of ether oxygens (including phenoxy) is 1. The van der Waals surface area contributed by atoms with E-state index in [4.69, 9.17) is 10.6 Å². The average molecular weight is 273 g/mol. The SMILES string of the molecule is CC(C)Oc1ccc(S(=O)(=O)CCCON)cc1. The number of nitrogens with two attached hydrogens (primary N) is 1. The molecule has 0 radical (unpaired) electrons. The molecule has 0 amide bonds. The maximum Gasteiger partial charge on any atom is 0.178 e. The Hall–Kier alpha value is -1.11. The van der Waals surface area contributed by atoms with Gasteiger partial charge < -0.3 is 9.57 Å². The van der Waals surface area contributed by atoms with Gasteiger partial charge in [0.25, 0.3) is 0 Å². The Morgan fingerprint density at radius 3 is 2.33 bits per heavy atom. The second-order valence-corrected chi connectivity index (χ2v) is 6.29. The largest absolute Gasteiger partial charge is 0.491 e. The molecule has 0 aromatic heterocycles. The maximum atomic E-state index is 11.9. The van der Waals surface area contributed by atoms with Crippen LogP contribution in [0.3, 0.4) is 0 Å². The van der Waals surface area contributed by atoms with Crippen LogP contribution in [0.5, 0.6) is 5.75 Å². The zero-order chi connectivity index (χ0) is 13.6. The second-order valence-electron chi connectivity index (χ2n) is 4.18. The smallest absolute Gasteiger partial charge is 0.178 e. The number of benzene rings is 1. The molecule has 0 aliphatic carbocycles. The van der Waals surface area contributed by atoms with Gasteiger partial charge in [0.2, 0.25) is 0 Å². The molecule has 0 atom stereocenters. The Bertz CT molecular complexity index is 453. The van der Waals surface area contributed by atoms with Crippen LogP contribution in [0.15, 0.2) is 29.2 Å². The predicted octanol–water partition coefficient (Wildman–Crippen LogP) is 1.53. The van der Waals surface area contributed by atoms with Crippen molar-refractivity contribution in [1.82, 2.24) is 0 Å². The Morgan fingerprint density at radius 1 is 1.22 bits per heavy atom. The zero-order valence-electron chi connectivity index (χ0n) is 10.6. The van der Waals surface area contributed by atoms with Gasteiger partial charge in [-0.05, 0) is 44.5 Å². The van der Waals surface area contributed by atoms with Crippen molar-refractivity contribution < 1.29 is 18.0 Å². The lowest BCUT2D eigenvalue weighted by molar-refractivity contribution is 0.139. The molecule has 1 aromatic rings. The van der Waals surface area contributed by atoms with Gasteiger partial charge in [-0.1, -0.05) is 0 Å². The van der Waals surface area contributed by atoms with Crippen molar-refractivity contribution >= 4 is 9.84 Å². The van der Waals surface area contributed by atoms with Crippen molar-refractivity contribution in [3.63, 3.8) is 0 Å². The van der Waals surface area contributed by atoms with Gasteiger partial charge in [0.15, 0.2) is 9.84 Å². The quantitative estimate of drug-likeness (QED) is 0.602. The van der Waals surface area contributed by atoms with Crippen LogP contribution in [0, 0.1) is 0 Å². The summed E-state index contributed by atoms with van der Waals surface area (Å²) in [5, 5.41) is 0. The van der Waals surface area contributed by atoms with E-state index in [1.807, 2.05) is 13.8 Å². The lowest BCUT2D eigenvalue weighted by Crippen LogP contribution is -2.11. The van der Waals surface area contributed by atoms with Crippen molar-refractivity contribution in [2.45, 2.75) is 31.3 Å². The van der Waals surface area contributed by atoms with Crippen LogP contribution < -0.4 is 10.6 Å². The molecule has 0 fully saturated rings. The summed E-state index contributed by atoms with van der Waals surface area (Å²) in [6.07, 6.45) is 0.442. The van der Waals surface area contributed by atoms with Crippen molar-refractivity contribution in [3.05, 3.63) is 24.3 Å². The first-order valence-electron chi connectivity index (χ1n) is 5.77. The molecule has 0 aliphatic rings. The Kier molecular flexibility index (Phi) is 5.58. The molecule has 5 nitrogen and oxygen atoms in total. The summed E-state index contributed by atoms with van der Waals surface area (Å²) in [5.74, 6) is 5.54. The molecule has 1 aromatic carbocycles. The Balaban J connectivity index is 2.71. The number of hydrogen-bond donors (Lipinski definition) is 1. The highest BCUT2D eigenvalue weighted by molar-refractivity contribution is 7.91.